The number of halogens is 3. The lowest BCUT2D eigenvalue weighted by Crippen LogP contribution is -2.47. The fourth-order valence-corrected chi connectivity index (χ4v) is 4.37. The number of nitrogens with one attached hydrogen (secondary N) is 1. The van der Waals surface area contributed by atoms with Gasteiger partial charge in [0.05, 0.1) is 12.1 Å². The first kappa shape index (κ1) is 26.3. The predicted molar refractivity (Wildman–Crippen MR) is 132 cm³/mol. The van der Waals surface area contributed by atoms with Crippen LogP contribution < -0.4 is 5.32 Å². The van der Waals surface area contributed by atoms with Crippen molar-refractivity contribution in [2.75, 3.05) is 11.9 Å². The molecule has 35 heavy (non-hydrogen) atoms. The average Bonchev–Trinajstić information content (AvgIpc) is 3.21. The molecule has 2 aromatic carbocycles. The molecular weight excluding hydrogens is 475 g/mol. The normalized spacial score (nSPS) is 11.4. The Labute approximate surface area is 207 Å². The maximum absolute atomic E-state index is 13.4. The highest BCUT2D eigenvalue weighted by atomic mass is 32.1. The molecule has 0 bridgehead atoms. The number of urea groups is 1. The highest BCUT2D eigenvalue weighted by Gasteiger charge is 2.30. The number of rotatable bonds is 8. The van der Waals surface area contributed by atoms with Crippen molar-refractivity contribution in [1.29, 1.82) is 0 Å². The minimum atomic E-state index is -4.46. The molecule has 0 unspecified atom stereocenters. The van der Waals surface area contributed by atoms with Gasteiger partial charge in [-0.1, -0.05) is 30.3 Å². The summed E-state index contributed by atoms with van der Waals surface area (Å²) in [5.74, 6) is -0.226. The summed E-state index contributed by atoms with van der Waals surface area (Å²) >= 11 is 1.61. The monoisotopic (exact) mass is 503 g/mol. The molecule has 3 rings (SSSR count). The van der Waals surface area contributed by atoms with E-state index in [0.717, 1.165) is 27.5 Å². The Bertz CT molecular complexity index is 1130. The van der Waals surface area contributed by atoms with Gasteiger partial charge in [-0.15, -0.1) is 11.3 Å². The molecule has 1 heterocycles. The minimum Gasteiger partial charge on any atom is -0.332 e. The quantitative estimate of drug-likeness (QED) is 0.379. The van der Waals surface area contributed by atoms with Crippen LogP contribution in [0.25, 0.3) is 0 Å². The molecule has 0 atom stereocenters. The van der Waals surface area contributed by atoms with Gasteiger partial charge in [-0.3, -0.25) is 4.79 Å². The first-order valence-corrected chi connectivity index (χ1v) is 12.0. The molecular formula is C26H28F3N3O2S. The molecule has 0 saturated heterocycles. The number of hydrogen-bond donors (Lipinski definition) is 1. The van der Waals surface area contributed by atoms with Crippen LogP contribution in [0.2, 0.25) is 0 Å². The summed E-state index contributed by atoms with van der Waals surface area (Å²) < 4.78 is 38.4. The van der Waals surface area contributed by atoms with Crippen molar-refractivity contribution >= 4 is 29.0 Å². The third kappa shape index (κ3) is 7.58. The summed E-state index contributed by atoms with van der Waals surface area (Å²) in [5, 5.41) is 2.60. The summed E-state index contributed by atoms with van der Waals surface area (Å²) in [4.78, 5) is 31.6. The Morgan fingerprint density at radius 2 is 1.60 bits per heavy atom. The van der Waals surface area contributed by atoms with E-state index >= 15 is 0 Å². The van der Waals surface area contributed by atoms with E-state index in [-0.39, 0.29) is 24.2 Å². The van der Waals surface area contributed by atoms with E-state index in [1.165, 1.54) is 17.0 Å². The van der Waals surface area contributed by atoms with Crippen LogP contribution in [0.4, 0.5) is 23.7 Å². The zero-order valence-corrected chi connectivity index (χ0v) is 20.6. The number of aryl methyl sites for hydroxylation is 1. The van der Waals surface area contributed by atoms with Crippen molar-refractivity contribution < 1.29 is 22.8 Å². The van der Waals surface area contributed by atoms with Gasteiger partial charge in [-0.25, -0.2) is 4.79 Å². The molecule has 0 radical (unpaired) electrons. The summed E-state index contributed by atoms with van der Waals surface area (Å²) in [6, 6.07) is 16.9. The highest BCUT2D eigenvalue weighted by Crippen LogP contribution is 2.30. The lowest BCUT2D eigenvalue weighted by atomic mass is 10.2. The van der Waals surface area contributed by atoms with E-state index in [4.69, 9.17) is 0 Å². The smallest absolute Gasteiger partial charge is 0.332 e. The van der Waals surface area contributed by atoms with Gasteiger partial charge in [-0.2, -0.15) is 13.2 Å². The van der Waals surface area contributed by atoms with Crippen molar-refractivity contribution in [3.63, 3.8) is 0 Å². The molecule has 0 aliphatic rings. The zero-order valence-electron chi connectivity index (χ0n) is 19.8. The van der Waals surface area contributed by atoms with Crippen LogP contribution in [-0.2, 0) is 24.1 Å². The van der Waals surface area contributed by atoms with E-state index in [0.29, 0.717) is 13.1 Å². The van der Waals surface area contributed by atoms with Crippen molar-refractivity contribution in [2.24, 2.45) is 0 Å². The fourth-order valence-electron chi connectivity index (χ4n) is 3.47. The van der Waals surface area contributed by atoms with Crippen LogP contribution >= 0.6 is 11.3 Å². The van der Waals surface area contributed by atoms with E-state index in [2.05, 4.69) is 5.32 Å². The Hall–Kier alpha value is -3.33. The van der Waals surface area contributed by atoms with Gasteiger partial charge >= 0.3 is 12.2 Å². The van der Waals surface area contributed by atoms with Gasteiger partial charge in [0, 0.05) is 28.0 Å². The van der Waals surface area contributed by atoms with Crippen LogP contribution in [0.1, 0.15) is 34.7 Å². The second kappa shape index (κ2) is 11.4. The Morgan fingerprint density at radius 3 is 2.14 bits per heavy atom. The Morgan fingerprint density at radius 1 is 0.943 bits per heavy atom. The second-order valence-electron chi connectivity index (χ2n) is 8.47. The van der Waals surface area contributed by atoms with Crippen LogP contribution in [0, 0.1) is 6.92 Å². The maximum atomic E-state index is 13.4. The molecule has 3 aromatic rings. The summed E-state index contributed by atoms with van der Waals surface area (Å²) in [6.07, 6.45) is -4.46. The van der Waals surface area contributed by atoms with Crippen LogP contribution in [0.15, 0.2) is 66.7 Å². The van der Waals surface area contributed by atoms with Crippen molar-refractivity contribution in [2.45, 2.75) is 46.1 Å². The summed E-state index contributed by atoms with van der Waals surface area (Å²) in [7, 11) is 0. The fraction of sp³-hybridized carbons (Fsp3) is 0.308. The van der Waals surface area contributed by atoms with E-state index in [9.17, 15) is 22.8 Å². The van der Waals surface area contributed by atoms with Crippen molar-refractivity contribution in [3.8, 4) is 0 Å². The van der Waals surface area contributed by atoms with Gasteiger partial charge in [-0.05, 0) is 62.7 Å². The zero-order chi connectivity index (χ0) is 25.6. The molecule has 0 fully saturated rings. The van der Waals surface area contributed by atoms with Crippen molar-refractivity contribution in [1.82, 2.24) is 9.80 Å². The van der Waals surface area contributed by atoms with E-state index in [1.54, 1.807) is 30.1 Å². The molecule has 186 valence electrons. The second-order valence-corrected chi connectivity index (χ2v) is 9.85. The summed E-state index contributed by atoms with van der Waals surface area (Å²) in [6.45, 7) is 6.21. The van der Waals surface area contributed by atoms with Gasteiger partial charge in [0.2, 0.25) is 5.91 Å². The molecule has 0 spiro atoms. The SMILES string of the molecule is Cc1ccc(CN(Cc2ccccc2)C(=O)CN(C(=O)Nc2ccc(C(F)(F)F)cc2)C(C)C)s1. The standard InChI is InChI=1S/C26H28F3N3O2S/c1-18(2)32(25(34)30-22-12-10-21(11-13-22)26(27,28)29)17-24(33)31(15-20-7-5-4-6-8-20)16-23-14-9-19(3)35-23/h4-14,18H,15-17H2,1-3H3,(H,30,34). The van der Waals surface area contributed by atoms with Gasteiger partial charge in [0.1, 0.15) is 6.54 Å². The predicted octanol–water partition coefficient (Wildman–Crippen LogP) is 6.55. The van der Waals surface area contributed by atoms with Gasteiger partial charge in [0.15, 0.2) is 0 Å². The molecule has 1 N–H and O–H groups in total. The molecule has 9 heteroatoms. The number of amides is 3. The van der Waals surface area contributed by atoms with E-state index in [1.807, 2.05) is 49.4 Å². The Balaban J connectivity index is 1.73. The van der Waals surface area contributed by atoms with Gasteiger partial charge < -0.3 is 15.1 Å². The first-order valence-electron chi connectivity index (χ1n) is 11.1. The number of benzene rings is 2. The number of anilines is 1. The molecule has 3 amide bonds. The maximum Gasteiger partial charge on any atom is 0.416 e. The van der Waals surface area contributed by atoms with Gasteiger partial charge in [0.25, 0.3) is 0 Å². The molecule has 0 aliphatic carbocycles. The number of thiophene rings is 1. The number of hydrogen-bond acceptors (Lipinski definition) is 3. The largest absolute Gasteiger partial charge is 0.416 e. The number of alkyl halides is 3. The number of carbonyl (C=O) groups excluding carboxylic acids is 2. The Kier molecular flexibility index (Phi) is 8.56. The highest BCUT2D eigenvalue weighted by molar-refractivity contribution is 7.11. The number of carbonyl (C=O) groups is 2. The first-order chi connectivity index (χ1) is 16.5. The lowest BCUT2D eigenvalue weighted by Gasteiger charge is -2.30. The third-order valence-electron chi connectivity index (χ3n) is 5.36. The molecule has 1 aromatic heterocycles. The van der Waals surface area contributed by atoms with Crippen LogP contribution in [0.3, 0.4) is 0 Å². The van der Waals surface area contributed by atoms with Crippen LogP contribution in [-0.4, -0.2) is 34.3 Å². The number of nitrogens with zero attached hydrogens (tertiary/aromatic N) is 2. The topological polar surface area (TPSA) is 52.7 Å². The molecule has 0 saturated carbocycles. The van der Waals surface area contributed by atoms with E-state index < -0.39 is 17.8 Å². The third-order valence-corrected chi connectivity index (χ3v) is 6.35. The summed E-state index contributed by atoms with van der Waals surface area (Å²) in [5.41, 5.74) is 0.391. The van der Waals surface area contributed by atoms with Crippen LogP contribution in [0.5, 0.6) is 0 Å². The lowest BCUT2D eigenvalue weighted by molar-refractivity contribution is -0.137. The molecule has 5 nitrogen and oxygen atoms in total. The average molecular weight is 504 g/mol. The minimum absolute atomic E-state index is 0.165. The van der Waals surface area contributed by atoms with Crippen molar-refractivity contribution in [3.05, 3.63) is 87.6 Å². The molecule has 0 aliphatic heterocycles.